The zero-order valence-electron chi connectivity index (χ0n) is 10.1. The highest BCUT2D eigenvalue weighted by Crippen LogP contribution is 2.08. The molecule has 6 heteroatoms. The molecule has 0 heterocycles. The van der Waals surface area contributed by atoms with Crippen LogP contribution in [0.15, 0.2) is 0 Å². The molecule has 0 spiro atoms. The molecular weight excluding hydrogens is 214 g/mol. The van der Waals surface area contributed by atoms with Crippen molar-refractivity contribution in [1.29, 1.82) is 0 Å². The molecule has 3 N–H and O–H groups in total. The minimum atomic E-state index is -3.17. The van der Waals surface area contributed by atoms with E-state index in [2.05, 4.69) is 4.72 Å². The van der Waals surface area contributed by atoms with Gasteiger partial charge in [0, 0.05) is 12.1 Å². The van der Waals surface area contributed by atoms with Crippen molar-refractivity contribution < 1.29 is 8.42 Å². The maximum Gasteiger partial charge on any atom is 0.211 e. The smallest absolute Gasteiger partial charge is 0.211 e. The molecule has 5 nitrogen and oxygen atoms in total. The number of hydrogen-bond donors (Lipinski definition) is 2. The van der Waals surface area contributed by atoms with Crippen LogP contribution in [0, 0.1) is 0 Å². The van der Waals surface area contributed by atoms with Gasteiger partial charge in [0.1, 0.15) is 0 Å². The van der Waals surface area contributed by atoms with E-state index in [1.54, 1.807) is 0 Å². The maximum absolute atomic E-state index is 11.5. The fourth-order valence-electron chi connectivity index (χ4n) is 0.790. The first kappa shape index (κ1) is 14.8. The lowest BCUT2D eigenvalue weighted by Gasteiger charge is -2.32. The largest absolute Gasteiger partial charge is 0.330 e. The molecule has 0 radical (unpaired) electrons. The topological polar surface area (TPSA) is 75.4 Å². The summed E-state index contributed by atoms with van der Waals surface area (Å²) >= 11 is 0. The van der Waals surface area contributed by atoms with E-state index in [4.69, 9.17) is 5.73 Å². The first-order valence-corrected chi connectivity index (χ1v) is 6.71. The molecule has 0 atom stereocenters. The summed E-state index contributed by atoms with van der Waals surface area (Å²) in [4.78, 5) is 1.98. The Hall–Kier alpha value is -0.170. The van der Waals surface area contributed by atoms with Crippen LogP contribution in [0.25, 0.3) is 0 Å². The molecule has 0 unspecified atom stereocenters. The van der Waals surface area contributed by atoms with Gasteiger partial charge in [-0.1, -0.05) is 0 Å². The summed E-state index contributed by atoms with van der Waals surface area (Å²) < 4.78 is 25.5. The molecule has 0 aromatic carbocycles. The number of sulfonamides is 1. The first-order valence-electron chi connectivity index (χ1n) is 5.06. The summed E-state index contributed by atoms with van der Waals surface area (Å²) in [6.07, 6.45) is 0.498. The number of nitrogens with zero attached hydrogens (tertiary/aromatic N) is 1. The van der Waals surface area contributed by atoms with Crippen molar-refractivity contribution >= 4 is 10.0 Å². The monoisotopic (exact) mass is 237 g/mol. The summed E-state index contributed by atoms with van der Waals surface area (Å²) in [5.41, 5.74) is 5.08. The van der Waals surface area contributed by atoms with Crippen LogP contribution >= 0.6 is 0 Å². The van der Waals surface area contributed by atoms with E-state index in [1.807, 2.05) is 32.8 Å². The van der Waals surface area contributed by atoms with Crippen LogP contribution in [-0.4, -0.2) is 51.8 Å². The Morgan fingerprint density at radius 3 is 2.27 bits per heavy atom. The average molecular weight is 237 g/mol. The second-order valence-corrected chi connectivity index (χ2v) is 6.42. The molecule has 0 bridgehead atoms. The van der Waals surface area contributed by atoms with Crippen molar-refractivity contribution in [2.75, 3.05) is 32.9 Å². The summed E-state index contributed by atoms with van der Waals surface area (Å²) in [6, 6.07) is 0. The number of likely N-dealkylation sites (N-methyl/N-ethyl adjacent to an activating group) is 1. The molecule has 92 valence electrons. The first-order chi connectivity index (χ1) is 6.71. The second-order valence-electron chi connectivity index (χ2n) is 4.49. The molecule has 0 aliphatic carbocycles. The summed E-state index contributed by atoms with van der Waals surface area (Å²) in [6.45, 7) is 4.78. The molecule has 0 saturated carbocycles. The van der Waals surface area contributed by atoms with Gasteiger partial charge in [-0.15, -0.1) is 0 Å². The van der Waals surface area contributed by atoms with Gasteiger partial charge in [0.2, 0.25) is 10.0 Å². The van der Waals surface area contributed by atoms with Crippen molar-refractivity contribution in [2.45, 2.75) is 25.8 Å². The summed E-state index contributed by atoms with van der Waals surface area (Å²) in [5.74, 6) is 0.104. The molecule has 0 aromatic heterocycles. The van der Waals surface area contributed by atoms with Gasteiger partial charge in [-0.3, -0.25) is 0 Å². The van der Waals surface area contributed by atoms with E-state index in [1.165, 1.54) is 0 Å². The van der Waals surface area contributed by atoms with E-state index in [0.717, 1.165) is 0 Å². The van der Waals surface area contributed by atoms with Crippen LogP contribution in [0.2, 0.25) is 0 Å². The van der Waals surface area contributed by atoms with Crippen LogP contribution in [0.5, 0.6) is 0 Å². The van der Waals surface area contributed by atoms with Gasteiger partial charge in [-0.25, -0.2) is 13.1 Å². The third-order valence-electron chi connectivity index (χ3n) is 2.55. The van der Waals surface area contributed by atoms with Crippen molar-refractivity contribution in [3.63, 3.8) is 0 Å². The van der Waals surface area contributed by atoms with Crippen molar-refractivity contribution in [2.24, 2.45) is 5.73 Å². The molecule has 0 aliphatic heterocycles. The third kappa shape index (κ3) is 6.09. The van der Waals surface area contributed by atoms with Crippen molar-refractivity contribution in [3.8, 4) is 0 Å². The lowest BCUT2D eigenvalue weighted by atomic mass is 10.1. The molecule has 0 aliphatic rings. The molecule has 0 rings (SSSR count). The lowest BCUT2D eigenvalue weighted by molar-refractivity contribution is 0.199. The Morgan fingerprint density at radius 1 is 1.33 bits per heavy atom. The zero-order valence-corrected chi connectivity index (χ0v) is 10.9. The highest BCUT2D eigenvalue weighted by Gasteiger charge is 2.22. The number of nitrogens with two attached hydrogens (primary N) is 1. The van der Waals surface area contributed by atoms with Crippen LogP contribution in [0.4, 0.5) is 0 Å². The Bertz CT molecular complexity index is 273. The highest BCUT2D eigenvalue weighted by molar-refractivity contribution is 7.89. The Morgan fingerprint density at radius 2 is 1.87 bits per heavy atom. The second kappa shape index (κ2) is 5.79. The van der Waals surface area contributed by atoms with Crippen LogP contribution in [-0.2, 0) is 10.0 Å². The third-order valence-corrected chi connectivity index (χ3v) is 3.96. The predicted molar refractivity (Wildman–Crippen MR) is 63.2 cm³/mol. The normalized spacial score (nSPS) is 13.5. The predicted octanol–water partition coefficient (Wildman–Crippen LogP) is -0.405. The fraction of sp³-hybridized carbons (Fsp3) is 1.00. The number of nitrogens with one attached hydrogen (secondary N) is 1. The van der Waals surface area contributed by atoms with Gasteiger partial charge in [0.05, 0.1) is 5.75 Å². The summed E-state index contributed by atoms with van der Waals surface area (Å²) in [7, 11) is 0.682. The minimum absolute atomic E-state index is 0.104. The van der Waals surface area contributed by atoms with Crippen LogP contribution < -0.4 is 10.5 Å². The molecule has 15 heavy (non-hydrogen) atoms. The van der Waals surface area contributed by atoms with Crippen molar-refractivity contribution in [1.82, 2.24) is 9.62 Å². The van der Waals surface area contributed by atoms with Gasteiger partial charge in [0.25, 0.3) is 0 Å². The minimum Gasteiger partial charge on any atom is -0.330 e. The summed E-state index contributed by atoms with van der Waals surface area (Å²) in [5, 5.41) is 0. The number of rotatable bonds is 7. The standard InChI is InChI=1S/C9H23N3O2S/c1-9(2,12(3)4)8-11-15(13,14)7-5-6-10/h11H,5-8,10H2,1-4H3. The quantitative estimate of drug-likeness (QED) is 0.631. The van der Waals surface area contributed by atoms with Gasteiger partial charge < -0.3 is 10.6 Å². The highest BCUT2D eigenvalue weighted by atomic mass is 32.2. The average Bonchev–Trinajstić information content (AvgIpc) is 2.12. The Balaban J connectivity index is 4.15. The fourth-order valence-corrected chi connectivity index (χ4v) is 2.05. The van der Waals surface area contributed by atoms with E-state index in [-0.39, 0.29) is 11.3 Å². The van der Waals surface area contributed by atoms with E-state index in [0.29, 0.717) is 19.5 Å². The van der Waals surface area contributed by atoms with E-state index >= 15 is 0 Å². The Kier molecular flexibility index (Phi) is 5.72. The van der Waals surface area contributed by atoms with E-state index in [9.17, 15) is 8.42 Å². The van der Waals surface area contributed by atoms with E-state index < -0.39 is 10.0 Å². The molecule has 0 saturated heterocycles. The number of hydrogen-bond acceptors (Lipinski definition) is 4. The maximum atomic E-state index is 11.5. The molecule has 0 fully saturated rings. The SMILES string of the molecule is CN(C)C(C)(C)CNS(=O)(=O)CCCN. The van der Waals surface area contributed by atoms with Crippen molar-refractivity contribution in [3.05, 3.63) is 0 Å². The zero-order chi connectivity index (χ0) is 12.1. The van der Waals surface area contributed by atoms with Gasteiger partial charge in [-0.05, 0) is 40.9 Å². The lowest BCUT2D eigenvalue weighted by Crippen LogP contribution is -2.48. The molecule has 0 amide bonds. The Labute approximate surface area is 93.1 Å². The van der Waals surface area contributed by atoms with Gasteiger partial charge in [0.15, 0.2) is 0 Å². The van der Waals surface area contributed by atoms with Crippen LogP contribution in [0.1, 0.15) is 20.3 Å². The van der Waals surface area contributed by atoms with Crippen LogP contribution in [0.3, 0.4) is 0 Å². The van der Waals surface area contributed by atoms with Gasteiger partial charge in [-0.2, -0.15) is 0 Å². The molecular formula is C9H23N3O2S. The molecule has 0 aromatic rings. The van der Waals surface area contributed by atoms with Gasteiger partial charge >= 0.3 is 0 Å².